The lowest BCUT2D eigenvalue weighted by atomic mass is 9.98. The largest absolute Gasteiger partial charge is 0.480 e. The highest BCUT2D eigenvalue weighted by Gasteiger charge is 2.72. The number of carboxylic acid groups (broad SMARTS) is 1. The summed E-state index contributed by atoms with van der Waals surface area (Å²) < 4.78 is 3.85. The Morgan fingerprint density at radius 2 is 1.90 bits per heavy atom. The van der Waals surface area contributed by atoms with Crippen molar-refractivity contribution in [2.45, 2.75) is 49.9 Å². The Morgan fingerprint density at radius 1 is 1.26 bits per heavy atom. The molecule has 2 fully saturated rings. The van der Waals surface area contributed by atoms with Crippen LogP contribution in [0, 0.1) is 0 Å². The van der Waals surface area contributed by atoms with Crippen LogP contribution in [0.5, 0.6) is 0 Å². The number of nitrogens with zero attached hydrogens (tertiary/aromatic N) is 2. The maximum Gasteiger partial charge on any atom is 0.327 e. The van der Waals surface area contributed by atoms with Crippen molar-refractivity contribution in [2.75, 3.05) is 19.1 Å². The van der Waals surface area contributed by atoms with Gasteiger partial charge in [0.1, 0.15) is 12.6 Å². The maximum atomic E-state index is 14.0. The van der Waals surface area contributed by atoms with Gasteiger partial charge in [-0.3, -0.25) is 14.4 Å². The Morgan fingerprint density at radius 3 is 2.39 bits per heavy atom. The molecule has 0 radical (unpaired) electrons. The van der Waals surface area contributed by atoms with E-state index in [4.69, 9.17) is 4.74 Å². The number of hydrogen-bond acceptors (Lipinski definition) is 6. The second-order valence-electron chi connectivity index (χ2n) is 8.14. The van der Waals surface area contributed by atoms with Gasteiger partial charge in [0.05, 0.1) is 24.3 Å². The number of benzene rings is 1. The minimum Gasteiger partial charge on any atom is -0.480 e. The van der Waals surface area contributed by atoms with Gasteiger partial charge in [-0.1, -0.05) is 30.3 Å². The van der Waals surface area contributed by atoms with Crippen molar-refractivity contribution in [3.63, 3.8) is 0 Å². The molecule has 2 heterocycles. The Kier molecular flexibility index (Phi) is 6.33. The summed E-state index contributed by atoms with van der Waals surface area (Å²) >= 11 is 0. The topological polar surface area (TPSA) is 124 Å². The monoisotopic (exact) mass is 452 g/mol. The molecule has 0 bridgehead atoms. The van der Waals surface area contributed by atoms with Gasteiger partial charge in [0, 0.05) is 11.3 Å². The summed E-state index contributed by atoms with van der Waals surface area (Å²) in [4.78, 5) is 53.1. The minimum absolute atomic E-state index is 0.00737. The molecule has 0 spiro atoms. The number of rotatable bonds is 7. The fourth-order valence-corrected chi connectivity index (χ4v) is 8.84. The van der Waals surface area contributed by atoms with Crippen molar-refractivity contribution < 1.29 is 34.1 Å². The summed E-state index contributed by atoms with van der Waals surface area (Å²) in [5.41, 5.74) is 0.778. The summed E-state index contributed by atoms with van der Waals surface area (Å²) in [5.74, 6) is -2.71. The van der Waals surface area contributed by atoms with E-state index in [2.05, 4.69) is 0 Å². The minimum atomic E-state index is -2.75. The molecule has 2 aliphatic heterocycles. The average Bonchev–Trinajstić information content (AvgIpc) is 2.88. The molecule has 2 saturated heterocycles. The van der Waals surface area contributed by atoms with E-state index in [-0.39, 0.29) is 32.0 Å². The summed E-state index contributed by atoms with van der Waals surface area (Å²) in [7, 11) is -2.75. The van der Waals surface area contributed by atoms with E-state index in [1.165, 1.54) is 9.80 Å². The van der Waals surface area contributed by atoms with E-state index in [1.54, 1.807) is 20.8 Å². The van der Waals surface area contributed by atoms with E-state index in [9.17, 15) is 29.4 Å². The van der Waals surface area contributed by atoms with Crippen molar-refractivity contribution in [1.82, 2.24) is 9.80 Å². The Bertz CT molecular complexity index is 891. The van der Waals surface area contributed by atoms with E-state index in [0.717, 1.165) is 5.56 Å². The molecule has 9 nitrogen and oxygen atoms in total. The number of aliphatic hydroxyl groups is 1. The molecule has 170 valence electrons. The van der Waals surface area contributed by atoms with Crippen molar-refractivity contribution in [3.8, 4) is 0 Å². The van der Waals surface area contributed by atoms with Gasteiger partial charge >= 0.3 is 11.9 Å². The number of amides is 2. The maximum absolute atomic E-state index is 14.0. The smallest absolute Gasteiger partial charge is 0.327 e. The van der Waals surface area contributed by atoms with E-state index < -0.39 is 49.3 Å². The van der Waals surface area contributed by atoms with Crippen LogP contribution in [-0.2, 0) is 25.7 Å². The highest BCUT2D eigenvalue weighted by molar-refractivity contribution is 8.46. The molecule has 3 atom stereocenters. The molecule has 0 aromatic heterocycles. The number of esters is 1. The zero-order chi connectivity index (χ0) is 23.0. The van der Waals surface area contributed by atoms with Crippen LogP contribution < -0.4 is 0 Å². The van der Waals surface area contributed by atoms with Crippen molar-refractivity contribution in [1.29, 1.82) is 0 Å². The summed E-state index contributed by atoms with van der Waals surface area (Å²) in [6.45, 7) is 4.82. The first-order valence-corrected chi connectivity index (χ1v) is 11.9. The first kappa shape index (κ1) is 23.1. The number of carbonyl (C=O) groups is 4. The van der Waals surface area contributed by atoms with E-state index in [0.29, 0.717) is 0 Å². The van der Waals surface area contributed by atoms with Gasteiger partial charge in [-0.05, 0) is 26.3 Å². The number of hydrogen-bond donors (Lipinski definition) is 2. The predicted octanol–water partition coefficient (Wildman–Crippen LogP) is 1.73. The number of aliphatic hydroxyl groups excluding tert-OH is 1. The molecule has 2 aliphatic rings. The Hall–Kier alpha value is -2.59. The molecule has 1 aromatic rings. The third-order valence-electron chi connectivity index (χ3n) is 6.14. The summed E-state index contributed by atoms with van der Waals surface area (Å²) in [6, 6.07) is 7.85. The number of β-lactam (4-membered cyclic amide) rings is 1. The van der Waals surface area contributed by atoms with Gasteiger partial charge < -0.3 is 24.7 Å². The first-order valence-electron chi connectivity index (χ1n) is 10.0. The quantitative estimate of drug-likeness (QED) is 0.477. The van der Waals surface area contributed by atoms with Crippen LogP contribution >= 0.6 is 10.0 Å². The van der Waals surface area contributed by atoms with Crippen LogP contribution in [0.3, 0.4) is 0 Å². The molecule has 2 amide bonds. The molecule has 0 aliphatic carbocycles. The number of aliphatic carboxylic acids is 1. The molecule has 31 heavy (non-hydrogen) atoms. The van der Waals surface area contributed by atoms with Crippen molar-refractivity contribution in [2.24, 2.45) is 0 Å². The summed E-state index contributed by atoms with van der Waals surface area (Å²) in [6.07, 6.45) is 0.00737. The third kappa shape index (κ3) is 3.57. The molecule has 10 heteroatoms. The predicted molar refractivity (Wildman–Crippen MR) is 114 cm³/mol. The van der Waals surface area contributed by atoms with Gasteiger partial charge in [-0.2, -0.15) is 0 Å². The number of carboxylic acids is 1. The Balaban J connectivity index is 2.03. The third-order valence-corrected chi connectivity index (χ3v) is 10.8. The zero-order valence-electron chi connectivity index (χ0n) is 17.8. The van der Waals surface area contributed by atoms with Crippen molar-refractivity contribution in [3.05, 3.63) is 35.9 Å². The van der Waals surface area contributed by atoms with Gasteiger partial charge in [0.15, 0.2) is 0 Å². The van der Waals surface area contributed by atoms with Crippen molar-refractivity contribution >= 4 is 33.1 Å². The second-order valence-corrected chi connectivity index (χ2v) is 11.9. The highest BCUT2D eigenvalue weighted by Crippen LogP contribution is 2.74. The number of carbonyl (C=O) groups excluding carboxylic acids is 3. The molecule has 1 unspecified atom stereocenters. The van der Waals surface area contributed by atoms with Crippen LogP contribution in [0.1, 0.15) is 32.8 Å². The fraction of sp³-hybridized carbons (Fsp3) is 0.524. The van der Waals surface area contributed by atoms with Crippen LogP contribution in [-0.4, -0.2) is 78.4 Å². The van der Waals surface area contributed by atoms with Crippen LogP contribution in [0.15, 0.2) is 30.3 Å². The van der Waals surface area contributed by atoms with Gasteiger partial charge in [-0.15, -0.1) is 10.0 Å². The van der Waals surface area contributed by atoms with Crippen LogP contribution in [0.2, 0.25) is 0 Å². The molecule has 2 N–H and O–H groups in total. The normalized spacial score (nSPS) is 28.1. The molecule has 3 rings (SSSR count). The first-order chi connectivity index (χ1) is 14.6. The van der Waals surface area contributed by atoms with Crippen LogP contribution in [0.25, 0.3) is 0 Å². The number of ether oxygens (including phenoxy) is 1. The lowest BCUT2D eigenvalue weighted by Gasteiger charge is -2.50. The zero-order valence-corrected chi connectivity index (χ0v) is 18.6. The van der Waals surface area contributed by atoms with E-state index in [1.807, 2.05) is 30.3 Å². The lowest BCUT2D eigenvalue weighted by Crippen LogP contribution is -2.57. The SMILES string of the molecule is CCOC(=O)CN(Cc1ccccc1)C(=O)S1(CO)[C@@H]2CC(=O)N2[C@@H](C(=O)O)C1(C)C. The van der Waals surface area contributed by atoms with E-state index >= 15 is 0 Å². The lowest BCUT2D eigenvalue weighted by molar-refractivity contribution is -0.157. The van der Waals surface area contributed by atoms with Gasteiger partial charge in [0.25, 0.3) is 5.24 Å². The average molecular weight is 453 g/mol. The number of fused-ring (bicyclic) bond motifs is 1. The molecule has 0 saturated carbocycles. The fourth-order valence-electron chi connectivity index (χ4n) is 4.58. The molecule has 1 aromatic carbocycles. The highest BCUT2D eigenvalue weighted by atomic mass is 32.3. The standard InChI is InChI=1S/C21H28N2O7S/c1-4-30-17(26)12-22(11-14-8-6-5-7-9-14)20(29)31(13-24)16-10-15(25)23(16)18(19(27)28)21(31,2)3/h5-9,16,18,24H,4,10-13H2,1-3H3,(H,27,28)/t16-,18+/m1/s1. The second kappa shape index (κ2) is 8.51. The molecular formula is C21H28N2O7S. The Labute approximate surface area is 182 Å². The molecular weight excluding hydrogens is 424 g/mol. The van der Waals surface area contributed by atoms with Gasteiger partial charge in [0.2, 0.25) is 5.91 Å². The van der Waals surface area contributed by atoms with Crippen LogP contribution in [0.4, 0.5) is 4.79 Å². The summed E-state index contributed by atoms with van der Waals surface area (Å²) in [5, 5.41) is 19.2. The van der Waals surface area contributed by atoms with Gasteiger partial charge in [-0.25, -0.2) is 4.79 Å².